The summed E-state index contributed by atoms with van der Waals surface area (Å²) >= 11 is 7.77. The van der Waals surface area contributed by atoms with Crippen molar-refractivity contribution in [3.8, 4) is 0 Å². The summed E-state index contributed by atoms with van der Waals surface area (Å²) in [5, 5.41) is 3.59. The van der Waals surface area contributed by atoms with Gasteiger partial charge >= 0.3 is 0 Å². The Balaban J connectivity index is 1.57. The van der Waals surface area contributed by atoms with Gasteiger partial charge in [0.2, 0.25) is 0 Å². The zero-order chi connectivity index (χ0) is 18.5. The number of likely N-dealkylation sites (tertiary alicyclic amines) is 1. The van der Waals surface area contributed by atoms with E-state index in [-0.39, 0.29) is 18.1 Å². The minimum absolute atomic E-state index is 0.00712. The molecule has 1 aromatic rings. The number of nitrogens with zero attached hydrogens (tertiary/aromatic N) is 3. The summed E-state index contributed by atoms with van der Waals surface area (Å²) in [4.78, 5) is 24.6. The van der Waals surface area contributed by atoms with Gasteiger partial charge in [-0.05, 0) is 25.3 Å². The van der Waals surface area contributed by atoms with E-state index in [9.17, 15) is 4.79 Å². The Kier molecular flexibility index (Phi) is 6.80. The second kappa shape index (κ2) is 9.08. The average Bonchev–Trinajstić information content (AvgIpc) is 3.26. The Morgan fingerprint density at radius 3 is 3.00 bits per heavy atom. The molecule has 8 heteroatoms. The van der Waals surface area contributed by atoms with Gasteiger partial charge in [0, 0.05) is 43.7 Å². The van der Waals surface area contributed by atoms with E-state index in [1.54, 1.807) is 11.3 Å². The van der Waals surface area contributed by atoms with Gasteiger partial charge in [0.25, 0.3) is 5.91 Å². The van der Waals surface area contributed by atoms with Crippen LogP contribution in [0.15, 0.2) is 27.4 Å². The molecule has 0 spiro atoms. The van der Waals surface area contributed by atoms with Crippen LogP contribution in [0.2, 0.25) is 0 Å². The fraction of sp³-hybridized carbons (Fsp3) is 0.611. The second-order valence-corrected chi connectivity index (χ2v) is 7.88. The summed E-state index contributed by atoms with van der Waals surface area (Å²) in [5.74, 6) is -0.128. The quantitative estimate of drug-likeness (QED) is 0.719. The number of ether oxygens (including phenoxy) is 1. The maximum Gasteiger partial charge on any atom is 0.266 e. The minimum atomic E-state index is -0.128. The number of aliphatic imine (C=N–C) groups is 1. The van der Waals surface area contributed by atoms with E-state index in [0.29, 0.717) is 23.9 Å². The highest BCUT2D eigenvalue weighted by Crippen LogP contribution is 2.26. The van der Waals surface area contributed by atoms with E-state index in [4.69, 9.17) is 16.3 Å². The van der Waals surface area contributed by atoms with Crippen LogP contribution < -0.4 is 5.32 Å². The van der Waals surface area contributed by atoms with Crippen molar-refractivity contribution in [2.45, 2.75) is 51.8 Å². The molecule has 2 aliphatic heterocycles. The summed E-state index contributed by atoms with van der Waals surface area (Å²) in [6.45, 7) is 7.22. The number of allylic oxidation sites excluding steroid dienone is 1. The average molecular weight is 397 g/mol. The summed E-state index contributed by atoms with van der Waals surface area (Å²) in [5.41, 5.74) is 3.39. The molecule has 1 saturated heterocycles. The van der Waals surface area contributed by atoms with Crippen molar-refractivity contribution in [3.05, 3.63) is 27.3 Å². The predicted molar refractivity (Wildman–Crippen MR) is 105 cm³/mol. The first-order chi connectivity index (χ1) is 12.6. The van der Waals surface area contributed by atoms with Gasteiger partial charge in [-0.3, -0.25) is 14.7 Å². The SMILES string of the molecule is CCO[C@H]1CN(Cc2cncs2)CC[C@H]1NC(=O)C1=NC(Cl)=C(CC)C1. The van der Waals surface area contributed by atoms with E-state index in [1.807, 2.05) is 25.6 Å². The summed E-state index contributed by atoms with van der Waals surface area (Å²) in [6.07, 6.45) is 4.10. The van der Waals surface area contributed by atoms with E-state index < -0.39 is 0 Å². The van der Waals surface area contributed by atoms with Crippen molar-refractivity contribution in [3.63, 3.8) is 0 Å². The van der Waals surface area contributed by atoms with Crippen LogP contribution in [0.1, 0.15) is 38.0 Å². The van der Waals surface area contributed by atoms with E-state index >= 15 is 0 Å². The highest BCUT2D eigenvalue weighted by molar-refractivity contribution is 7.09. The third-order valence-corrected chi connectivity index (χ3v) is 5.91. The van der Waals surface area contributed by atoms with Gasteiger partial charge in [-0.15, -0.1) is 11.3 Å². The van der Waals surface area contributed by atoms with Gasteiger partial charge in [0.05, 0.1) is 17.7 Å². The van der Waals surface area contributed by atoms with Gasteiger partial charge in [-0.2, -0.15) is 0 Å². The lowest BCUT2D eigenvalue weighted by atomic mass is 10.0. The van der Waals surface area contributed by atoms with E-state index in [0.717, 1.165) is 38.0 Å². The van der Waals surface area contributed by atoms with Crippen LogP contribution in [0.3, 0.4) is 0 Å². The largest absolute Gasteiger partial charge is 0.375 e. The van der Waals surface area contributed by atoms with Crippen LogP contribution in [-0.2, 0) is 16.1 Å². The number of aromatic nitrogens is 1. The number of nitrogens with one attached hydrogen (secondary N) is 1. The monoisotopic (exact) mass is 396 g/mol. The Bertz CT molecular complexity index is 689. The number of carbonyl (C=O) groups excluding carboxylic acids is 1. The number of halogens is 1. The Morgan fingerprint density at radius 1 is 1.50 bits per heavy atom. The predicted octanol–water partition coefficient (Wildman–Crippen LogP) is 2.94. The summed E-state index contributed by atoms with van der Waals surface area (Å²) in [6, 6.07) is -0.00712. The molecule has 0 unspecified atom stereocenters. The maximum absolute atomic E-state index is 12.6. The van der Waals surface area contributed by atoms with Crippen molar-refractivity contribution in [2.24, 2.45) is 4.99 Å². The Labute approximate surface area is 163 Å². The molecule has 1 aromatic heterocycles. The standard InChI is InChI=1S/C18H25ClN4O2S/c1-3-12-7-15(21-17(12)19)18(24)22-14-5-6-23(10-16(14)25-4-2)9-13-8-20-11-26-13/h8,11,14,16H,3-7,9-10H2,1-2H3,(H,22,24)/t14-,16+/m1/s1. The van der Waals surface area contributed by atoms with Crippen molar-refractivity contribution in [2.75, 3.05) is 19.7 Å². The Morgan fingerprint density at radius 2 is 2.35 bits per heavy atom. The lowest BCUT2D eigenvalue weighted by molar-refractivity contribution is -0.117. The van der Waals surface area contributed by atoms with Crippen LogP contribution in [0.4, 0.5) is 0 Å². The van der Waals surface area contributed by atoms with Gasteiger partial charge in [0.1, 0.15) is 10.9 Å². The zero-order valence-corrected chi connectivity index (χ0v) is 16.8. The molecule has 0 saturated carbocycles. The molecule has 0 aromatic carbocycles. The minimum Gasteiger partial charge on any atom is -0.375 e. The molecule has 0 bridgehead atoms. The van der Waals surface area contributed by atoms with E-state index in [2.05, 4.69) is 20.2 Å². The first kappa shape index (κ1) is 19.5. The number of thiazole rings is 1. The first-order valence-electron chi connectivity index (χ1n) is 9.08. The van der Waals surface area contributed by atoms with Gasteiger partial charge in [-0.1, -0.05) is 18.5 Å². The first-order valence-corrected chi connectivity index (χ1v) is 10.3. The number of carbonyl (C=O) groups is 1. The molecular weight excluding hydrogens is 372 g/mol. The number of hydrogen-bond acceptors (Lipinski definition) is 6. The fourth-order valence-electron chi connectivity index (χ4n) is 3.38. The van der Waals surface area contributed by atoms with Gasteiger partial charge in [0.15, 0.2) is 0 Å². The summed E-state index contributed by atoms with van der Waals surface area (Å²) < 4.78 is 5.93. The number of amides is 1. The number of piperidine rings is 1. The third-order valence-electron chi connectivity index (χ3n) is 4.80. The number of hydrogen-bond donors (Lipinski definition) is 1. The number of rotatable bonds is 7. The molecule has 26 heavy (non-hydrogen) atoms. The smallest absolute Gasteiger partial charge is 0.266 e. The fourth-order valence-corrected chi connectivity index (χ4v) is 4.32. The molecule has 1 N–H and O–H groups in total. The molecule has 142 valence electrons. The second-order valence-electron chi connectivity index (χ2n) is 6.55. The van der Waals surface area contributed by atoms with Crippen molar-refractivity contribution >= 4 is 34.6 Å². The Hall–Kier alpha value is -1.28. The lowest BCUT2D eigenvalue weighted by Gasteiger charge is -2.38. The van der Waals surface area contributed by atoms with E-state index in [1.165, 1.54) is 4.88 Å². The molecule has 0 aliphatic carbocycles. The normalized spacial score (nSPS) is 24.0. The highest BCUT2D eigenvalue weighted by Gasteiger charge is 2.32. The molecule has 3 heterocycles. The van der Waals surface area contributed by atoms with Crippen LogP contribution in [0.25, 0.3) is 0 Å². The van der Waals surface area contributed by atoms with Crippen molar-refractivity contribution in [1.82, 2.24) is 15.2 Å². The molecule has 1 amide bonds. The molecule has 2 aliphatic rings. The summed E-state index contributed by atoms with van der Waals surface area (Å²) in [7, 11) is 0. The molecule has 6 nitrogen and oxygen atoms in total. The van der Waals surface area contributed by atoms with Crippen LogP contribution in [-0.4, -0.2) is 53.3 Å². The van der Waals surface area contributed by atoms with Crippen LogP contribution >= 0.6 is 22.9 Å². The third kappa shape index (κ3) is 4.71. The molecule has 2 atom stereocenters. The molecule has 0 radical (unpaired) electrons. The van der Waals surface area contributed by atoms with Crippen molar-refractivity contribution in [1.29, 1.82) is 0 Å². The molecule has 3 rings (SSSR count). The van der Waals surface area contributed by atoms with Crippen molar-refractivity contribution < 1.29 is 9.53 Å². The topological polar surface area (TPSA) is 66.8 Å². The lowest BCUT2D eigenvalue weighted by Crippen LogP contribution is -2.55. The highest BCUT2D eigenvalue weighted by atomic mass is 35.5. The van der Waals surface area contributed by atoms with Gasteiger partial charge in [-0.25, -0.2) is 4.99 Å². The maximum atomic E-state index is 12.6. The van der Waals surface area contributed by atoms with Crippen LogP contribution in [0.5, 0.6) is 0 Å². The molecular formula is C18H25ClN4O2S. The zero-order valence-electron chi connectivity index (χ0n) is 15.2. The van der Waals surface area contributed by atoms with Gasteiger partial charge < -0.3 is 10.1 Å². The van der Waals surface area contributed by atoms with Crippen LogP contribution in [0, 0.1) is 0 Å². The molecule has 1 fully saturated rings.